The van der Waals surface area contributed by atoms with Crippen LogP contribution in [-0.2, 0) is 11.2 Å². The van der Waals surface area contributed by atoms with Crippen LogP contribution in [-0.4, -0.2) is 65.9 Å². The molecule has 25 heavy (non-hydrogen) atoms. The van der Waals surface area contributed by atoms with Gasteiger partial charge in [-0.1, -0.05) is 6.07 Å². The minimum absolute atomic E-state index is 0.0231. The number of anilines is 1. The first-order valence-corrected chi connectivity index (χ1v) is 8.70. The van der Waals surface area contributed by atoms with Crippen LogP contribution < -0.4 is 4.90 Å². The summed E-state index contributed by atoms with van der Waals surface area (Å²) in [6.07, 6.45) is 3.40. The van der Waals surface area contributed by atoms with Crippen LogP contribution >= 0.6 is 0 Å². The van der Waals surface area contributed by atoms with E-state index in [1.165, 1.54) is 11.9 Å². The molecule has 2 aromatic rings. The highest BCUT2D eigenvalue weighted by Gasteiger charge is 2.33. The molecule has 1 fully saturated rings. The Bertz CT molecular complexity index is 761. The molecular formula is C18H23N5O2. The predicted octanol–water partition coefficient (Wildman–Crippen LogP) is 1.44. The average Bonchev–Trinajstić information content (AvgIpc) is 3.35. The van der Waals surface area contributed by atoms with Gasteiger partial charge in [0, 0.05) is 51.0 Å². The predicted molar refractivity (Wildman–Crippen MR) is 93.9 cm³/mol. The molecule has 2 aliphatic heterocycles. The summed E-state index contributed by atoms with van der Waals surface area (Å²) in [6.45, 7) is 2.23. The number of carbonyl (C=O) groups excluding carboxylic acids is 1. The van der Waals surface area contributed by atoms with E-state index in [-0.39, 0.29) is 17.9 Å². The molecule has 0 radical (unpaired) electrons. The Balaban J connectivity index is 1.47. The molecule has 1 saturated heterocycles. The molecule has 1 N–H and O–H groups in total. The summed E-state index contributed by atoms with van der Waals surface area (Å²) in [5.74, 6) is 1.02. The van der Waals surface area contributed by atoms with Crippen molar-refractivity contribution in [1.82, 2.24) is 20.1 Å². The highest BCUT2D eigenvalue weighted by molar-refractivity contribution is 5.95. The summed E-state index contributed by atoms with van der Waals surface area (Å²) in [4.78, 5) is 21.0. The van der Waals surface area contributed by atoms with E-state index in [2.05, 4.69) is 33.2 Å². The minimum atomic E-state index is -0.0565. The van der Waals surface area contributed by atoms with Gasteiger partial charge in [-0.05, 0) is 30.5 Å². The van der Waals surface area contributed by atoms with Gasteiger partial charge in [0.05, 0.1) is 6.10 Å². The summed E-state index contributed by atoms with van der Waals surface area (Å²) in [6, 6.07) is 6.01. The molecule has 7 heteroatoms. The van der Waals surface area contributed by atoms with E-state index >= 15 is 0 Å². The van der Waals surface area contributed by atoms with Crippen LogP contribution in [0.1, 0.15) is 34.1 Å². The lowest BCUT2D eigenvalue weighted by Gasteiger charge is -2.24. The number of ether oxygens (including phenoxy) is 1. The molecule has 0 bridgehead atoms. The fourth-order valence-corrected chi connectivity index (χ4v) is 3.78. The molecule has 0 spiro atoms. The number of amides is 1. The van der Waals surface area contributed by atoms with E-state index in [1.54, 1.807) is 4.90 Å². The van der Waals surface area contributed by atoms with Crippen LogP contribution in [0.2, 0.25) is 0 Å². The first kappa shape index (κ1) is 16.1. The number of hydrogen-bond acceptors (Lipinski definition) is 5. The summed E-state index contributed by atoms with van der Waals surface area (Å²) < 4.78 is 5.85. The maximum absolute atomic E-state index is 12.8. The van der Waals surface area contributed by atoms with Crippen molar-refractivity contribution in [3.8, 4) is 0 Å². The van der Waals surface area contributed by atoms with Gasteiger partial charge in [-0.15, -0.1) is 0 Å². The van der Waals surface area contributed by atoms with Crippen LogP contribution in [0.15, 0.2) is 24.5 Å². The second-order valence-electron chi connectivity index (χ2n) is 6.88. The van der Waals surface area contributed by atoms with Crippen molar-refractivity contribution >= 4 is 11.6 Å². The third-order valence-electron chi connectivity index (χ3n) is 5.25. The van der Waals surface area contributed by atoms with Crippen LogP contribution in [0.4, 0.5) is 5.69 Å². The maximum atomic E-state index is 12.8. The lowest BCUT2D eigenvalue weighted by Crippen LogP contribution is -2.36. The summed E-state index contributed by atoms with van der Waals surface area (Å²) in [5, 5.41) is 6.85. The molecule has 0 aliphatic carbocycles. The van der Waals surface area contributed by atoms with Gasteiger partial charge in [0.25, 0.3) is 5.91 Å². The standard InChI is InChI=1S/C18H23N5O2/c1-22-7-5-12-3-4-13(9-15(12)22)18(24)23(2)10-16-14(6-8-25-16)17-19-11-20-21-17/h3-4,9,11,14,16H,5-8,10H2,1-2H3,(H,19,20,21)/t14-,16-/m1/s1. The van der Waals surface area contributed by atoms with Crippen molar-refractivity contribution in [2.75, 3.05) is 38.7 Å². The van der Waals surface area contributed by atoms with E-state index in [0.717, 1.165) is 36.5 Å². The fourth-order valence-electron chi connectivity index (χ4n) is 3.78. The molecule has 0 unspecified atom stereocenters. The number of H-pyrrole nitrogens is 1. The van der Waals surface area contributed by atoms with Gasteiger partial charge in [0.15, 0.2) is 0 Å². The normalized spacial score (nSPS) is 22.2. The first-order chi connectivity index (χ1) is 12.1. The quantitative estimate of drug-likeness (QED) is 0.911. The molecule has 132 valence electrons. The summed E-state index contributed by atoms with van der Waals surface area (Å²) in [5.41, 5.74) is 3.20. The molecule has 2 atom stereocenters. The molecule has 1 aromatic heterocycles. The Morgan fingerprint density at radius 1 is 1.48 bits per heavy atom. The number of hydrogen-bond donors (Lipinski definition) is 1. The van der Waals surface area contributed by atoms with Crippen molar-refractivity contribution < 1.29 is 9.53 Å². The smallest absolute Gasteiger partial charge is 0.253 e. The molecule has 4 rings (SSSR count). The zero-order valence-corrected chi connectivity index (χ0v) is 14.6. The van der Waals surface area contributed by atoms with Crippen LogP contribution in [0.3, 0.4) is 0 Å². The monoisotopic (exact) mass is 341 g/mol. The number of aromatic amines is 1. The van der Waals surface area contributed by atoms with E-state index < -0.39 is 0 Å². The Hall–Kier alpha value is -2.41. The van der Waals surface area contributed by atoms with Gasteiger partial charge in [-0.2, -0.15) is 5.10 Å². The van der Waals surface area contributed by atoms with Gasteiger partial charge in [-0.3, -0.25) is 9.89 Å². The number of aromatic nitrogens is 3. The number of nitrogens with one attached hydrogen (secondary N) is 1. The number of nitrogens with zero attached hydrogens (tertiary/aromatic N) is 4. The average molecular weight is 341 g/mol. The second-order valence-corrected chi connectivity index (χ2v) is 6.88. The zero-order chi connectivity index (χ0) is 17.4. The van der Waals surface area contributed by atoms with Gasteiger partial charge >= 0.3 is 0 Å². The SMILES string of the molecule is CN(C[C@H]1OCC[C@H]1c1ncn[nH]1)C(=O)c1ccc2c(c1)N(C)CC2. The molecule has 0 saturated carbocycles. The van der Waals surface area contributed by atoms with Crippen LogP contribution in [0, 0.1) is 0 Å². The van der Waals surface area contributed by atoms with E-state index in [9.17, 15) is 4.79 Å². The summed E-state index contributed by atoms with van der Waals surface area (Å²) >= 11 is 0. The van der Waals surface area contributed by atoms with E-state index in [1.807, 2.05) is 19.2 Å². The third kappa shape index (κ3) is 3.00. The topological polar surface area (TPSA) is 74.3 Å². The first-order valence-electron chi connectivity index (χ1n) is 8.70. The zero-order valence-electron chi connectivity index (χ0n) is 14.6. The Kier molecular flexibility index (Phi) is 4.17. The number of benzene rings is 1. The lowest BCUT2D eigenvalue weighted by molar-refractivity contribution is 0.0550. The Morgan fingerprint density at radius 3 is 3.16 bits per heavy atom. The third-order valence-corrected chi connectivity index (χ3v) is 5.25. The molecule has 3 heterocycles. The van der Waals surface area contributed by atoms with Crippen molar-refractivity contribution in [1.29, 1.82) is 0 Å². The Morgan fingerprint density at radius 2 is 2.36 bits per heavy atom. The molecule has 7 nitrogen and oxygen atoms in total. The molecule has 2 aliphatic rings. The summed E-state index contributed by atoms with van der Waals surface area (Å²) in [7, 11) is 3.90. The van der Waals surface area contributed by atoms with Crippen molar-refractivity contribution in [3.63, 3.8) is 0 Å². The largest absolute Gasteiger partial charge is 0.376 e. The number of carbonyl (C=O) groups is 1. The number of rotatable bonds is 4. The van der Waals surface area contributed by atoms with Crippen molar-refractivity contribution in [2.45, 2.75) is 24.9 Å². The van der Waals surface area contributed by atoms with E-state index in [0.29, 0.717) is 13.2 Å². The van der Waals surface area contributed by atoms with Crippen molar-refractivity contribution in [3.05, 3.63) is 41.5 Å². The minimum Gasteiger partial charge on any atom is -0.376 e. The molecular weight excluding hydrogens is 318 g/mol. The number of likely N-dealkylation sites (N-methyl/N-ethyl adjacent to an activating group) is 2. The fraction of sp³-hybridized carbons (Fsp3) is 0.500. The highest BCUT2D eigenvalue weighted by atomic mass is 16.5. The highest BCUT2D eigenvalue weighted by Crippen LogP contribution is 2.30. The second kappa shape index (κ2) is 6.48. The van der Waals surface area contributed by atoms with E-state index in [4.69, 9.17) is 4.74 Å². The molecule has 1 amide bonds. The molecule has 1 aromatic carbocycles. The maximum Gasteiger partial charge on any atom is 0.253 e. The van der Waals surface area contributed by atoms with Gasteiger partial charge in [0.2, 0.25) is 0 Å². The Labute approximate surface area is 147 Å². The number of fused-ring (bicyclic) bond motifs is 1. The van der Waals surface area contributed by atoms with Gasteiger partial charge in [-0.25, -0.2) is 4.98 Å². The van der Waals surface area contributed by atoms with Gasteiger partial charge in [0.1, 0.15) is 12.2 Å². The van der Waals surface area contributed by atoms with Crippen LogP contribution in [0.5, 0.6) is 0 Å². The van der Waals surface area contributed by atoms with Crippen LogP contribution in [0.25, 0.3) is 0 Å². The lowest BCUT2D eigenvalue weighted by atomic mass is 10.00. The van der Waals surface area contributed by atoms with Gasteiger partial charge < -0.3 is 14.5 Å². The van der Waals surface area contributed by atoms with Crippen molar-refractivity contribution in [2.24, 2.45) is 0 Å².